The van der Waals surface area contributed by atoms with Crippen LogP contribution in [0.3, 0.4) is 0 Å². The van der Waals surface area contributed by atoms with E-state index in [1.165, 1.54) is 19.0 Å². The zero-order valence-electron chi connectivity index (χ0n) is 10.9. The first-order valence-electron chi connectivity index (χ1n) is 6.77. The zero-order chi connectivity index (χ0) is 13.5. The third kappa shape index (κ3) is 4.05. The van der Waals surface area contributed by atoms with E-state index in [0.29, 0.717) is 5.56 Å². The molecule has 1 heterocycles. The maximum Gasteiger partial charge on any atom is 0.271 e. The molecule has 102 valence electrons. The highest BCUT2D eigenvalue weighted by Crippen LogP contribution is 2.22. The predicted octanol–water partition coefficient (Wildman–Crippen LogP) is 1.81. The van der Waals surface area contributed by atoms with Gasteiger partial charge in [-0.15, -0.1) is 0 Å². The fourth-order valence-electron chi connectivity index (χ4n) is 2.33. The molecule has 5 heteroatoms. The second-order valence-electron chi connectivity index (χ2n) is 4.87. The molecule has 0 bridgehead atoms. The third-order valence-corrected chi connectivity index (χ3v) is 3.45. The first-order chi connectivity index (χ1) is 9.27. The number of aromatic nitrogens is 1. The topological polar surface area (TPSA) is 71.1 Å². The van der Waals surface area contributed by atoms with Gasteiger partial charge in [-0.2, -0.15) is 0 Å². The van der Waals surface area contributed by atoms with Gasteiger partial charge in [0.15, 0.2) is 0 Å². The Hall–Kier alpha value is -1.91. The predicted molar refractivity (Wildman–Crippen MR) is 71.0 cm³/mol. The number of nitrogens with one attached hydrogen (secondary N) is 2. The maximum atomic E-state index is 11.9. The van der Waals surface area contributed by atoms with Crippen LogP contribution in [0, 0.1) is 5.92 Å². The largest absolute Gasteiger partial charge is 0.273 e. The number of hydrogen-bond donors (Lipinski definition) is 2. The van der Waals surface area contributed by atoms with Crippen molar-refractivity contribution in [3.05, 3.63) is 30.1 Å². The molecule has 1 aliphatic carbocycles. The molecule has 0 spiro atoms. The first-order valence-corrected chi connectivity index (χ1v) is 6.77. The van der Waals surface area contributed by atoms with Gasteiger partial charge in [0.1, 0.15) is 0 Å². The van der Waals surface area contributed by atoms with Gasteiger partial charge in [0.25, 0.3) is 5.91 Å². The van der Waals surface area contributed by atoms with Crippen LogP contribution in [-0.4, -0.2) is 16.8 Å². The summed E-state index contributed by atoms with van der Waals surface area (Å²) in [7, 11) is 0. The van der Waals surface area contributed by atoms with Crippen molar-refractivity contribution in [1.82, 2.24) is 15.8 Å². The van der Waals surface area contributed by atoms with Crippen molar-refractivity contribution in [1.29, 1.82) is 0 Å². The second kappa shape index (κ2) is 6.87. The van der Waals surface area contributed by atoms with Crippen LogP contribution < -0.4 is 10.9 Å². The van der Waals surface area contributed by atoms with E-state index in [1.807, 2.05) is 0 Å². The molecule has 0 atom stereocenters. The van der Waals surface area contributed by atoms with E-state index in [1.54, 1.807) is 18.3 Å². The Morgan fingerprint density at radius 2 is 1.84 bits per heavy atom. The number of carbonyl (C=O) groups is 2. The highest BCUT2D eigenvalue weighted by atomic mass is 16.2. The van der Waals surface area contributed by atoms with Crippen molar-refractivity contribution in [2.45, 2.75) is 38.5 Å². The summed E-state index contributed by atoms with van der Waals surface area (Å²) in [6.45, 7) is 0. The number of amides is 2. The summed E-state index contributed by atoms with van der Waals surface area (Å²) in [5.41, 5.74) is 5.38. The van der Waals surface area contributed by atoms with Crippen LogP contribution in [0.2, 0.25) is 0 Å². The fraction of sp³-hybridized carbons (Fsp3) is 0.500. The molecule has 0 saturated heterocycles. The van der Waals surface area contributed by atoms with Crippen molar-refractivity contribution >= 4 is 11.8 Å². The normalized spacial score (nSPS) is 16.4. The van der Waals surface area contributed by atoms with Gasteiger partial charge < -0.3 is 0 Å². The van der Waals surface area contributed by atoms with Crippen molar-refractivity contribution in [3.8, 4) is 0 Å². The lowest BCUT2D eigenvalue weighted by Gasteiger charge is -2.14. The Bertz CT molecular complexity index is 426. The molecule has 1 saturated carbocycles. The zero-order valence-corrected chi connectivity index (χ0v) is 10.9. The van der Waals surface area contributed by atoms with Crippen molar-refractivity contribution in [3.63, 3.8) is 0 Å². The summed E-state index contributed by atoms with van der Waals surface area (Å²) in [5, 5.41) is 0. The molecule has 1 aliphatic rings. The average molecular weight is 261 g/mol. The number of carbonyl (C=O) groups excluding carboxylic acids is 2. The summed E-state index contributed by atoms with van der Waals surface area (Å²) in [5.74, 6) is -0.397. The van der Waals surface area contributed by atoms with Gasteiger partial charge in [-0.3, -0.25) is 25.4 Å². The second-order valence-corrected chi connectivity index (χ2v) is 4.87. The number of hydrazine groups is 1. The van der Waals surface area contributed by atoms with E-state index < -0.39 is 0 Å². The standard InChI is InChI=1S/C14H19N3O2/c18-13(11-6-3-1-2-4-7-11)16-17-14(19)12-8-5-9-15-10-12/h5,8-11H,1-4,6-7H2,(H,16,18)(H,17,19). The molecular formula is C14H19N3O2. The number of pyridine rings is 1. The summed E-state index contributed by atoms with van der Waals surface area (Å²) in [4.78, 5) is 27.5. The summed E-state index contributed by atoms with van der Waals surface area (Å²) in [6, 6.07) is 3.34. The minimum absolute atomic E-state index is 0.0247. The van der Waals surface area contributed by atoms with Crippen LogP contribution in [0.1, 0.15) is 48.9 Å². The van der Waals surface area contributed by atoms with Gasteiger partial charge in [-0.05, 0) is 25.0 Å². The van der Waals surface area contributed by atoms with Crippen LogP contribution in [0.15, 0.2) is 24.5 Å². The molecule has 0 unspecified atom stereocenters. The molecular weight excluding hydrogens is 242 g/mol. The van der Waals surface area contributed by atoms with Crippen LogP contribution in [-0.2, 0) is 4.79 Å². The van der Waals surface area contributed by atoms with Crippen LogP contribution in [0.4, 0.5) is 0 Å². The van der Waals surface area contributed by atoms with Crippen LogP contribution in [0.25, 0.3) is 0 Å². The Balaban J connectivity index is 1.81. The molecule has 2 N–H and O–H groups in total. The molecule has 1 aromatic rings. The fourth-order valence-corrected chi connectivity index (χ4v) is 2.33. The molecule has 0 aliphatic heterocycles. The lowest BCUT2D eigenvalue weighted by molar-refractivity contribution is -0.126. The van der Waals surface area contributed by atoms with E-state index in [9.17, 15) is 9.59 Å². The summed E-state index contributed by atoms with van der Waals surface area (Å²) in [6.07, 6.45) is 9.47. The van der Waals surface area contributed by atoms with E-state index in [0.717, 1.165) is 25.7 Å². The van der Waals surface area contributed by atoms with Crippen molar-refractivity contribution in [2.24, 2.45) is 5.92 Å². The lowest BCUT2D eigenvalue weighted by atomic mass is 10.00. The Morgan fingerprint density at radius 3 is 2.47 bits per heavy atom. The molecule has 19 heavy (non-hydrogen) atoms. The molecule has 0 radical (unpaired) electrons. The van der Waals surface area contributed by atoms with Gasteiger partial charge in [-0.25, -0.2) is 0 Å². The van der Waals surface area contributed by atoms with E-state index in [4.69, 9.17) is 0 Å². The summed E-state index contributed by atoms with van der Waals surface area (Å²) >= 11 is 0. The monoisotopic (exact) mass is 261 g/mol. The lowest BCUT2D eigenvalue weighted by Crippen LogP contribution is -2.44. The Kier molecular flexibility index (Phi) is 4.89. The average Bonchev–Trinajstić information content (AvgIpc) is 2.74. The van der Waals surface area contributed by atoms with E-state index in [-0.39, 0.29) is 17.7 Å². The molecule has 0 aromatic carbocycles. The highest BCUT2D eigenvalue weighted by molar-refractivity contribution is 5.95. The van der Waals surface area contributed by atoms with Gasteiger partial charge in [0.05, 0.1) is 5.56 Å². The molecule has 1 fully saturated rings. The van der Waals surface area contributed by atoms with Crippen molar-refractivity contribution in [2.75, 3.05) is 0 Å². The van der Waals surface area contributed by atoms with E-state index in [2.05, 4.69) is 15.8 Å². The third-order valence-electron chi connectivity index (χ3n) is 3.45. The Labute approximate surface area is 112 Å². The van der Waals surface area contributed by atoms with Crippen molar-refractivity contribution < 1.29 is 9.59 Å². The molecule has 2 amide bonds. The number of hydrogen-bond acceptors (Lipinski definition) is 3. The van der Waals surface area contributed by atoms with Gasteiger partial charge >= 0.3 is 0 Å². The first kappa shape index (κ1) is 13.5. The van der Waals surface area contributed by atoms with Gasteiger partial charge in [0.2, 0.25) is 5.91 Å². The quantitative estimate of drug-likeness (QED) is 0.630. The molecule has 2 rings (SSSR count). The summed E-state index contributed by atoms with van der Waals surface area (Å²) < 4.78 is 0. The van der Waals surface area contributed by atoms with Gasteiger partial charge in [-0.1, -0.05) is 25.7 Å². The van der Waals surface area contributed by atoms with Gasteiger partial charge in [0, 0.05) is 18.3 Å². The number of nitrogens with zero attached hydrogens (tertiary/aromatic N) is 1. The SMILES string of the molecule is O=C(NNC(=O)C1CCCCCC1)c1cccnc1. The highest BCUT2D eigenvalue weighted by Gasteiger charge is 2.20. The van der Waals surface area contributed by atoms with Crippen LogP contribution >= 0.6 is 0 Å². The molecule has 5 nitrogen and oxygen atoms in total. The van der Waals surface area contributed by atoms with Crippen LogP contribution in [0.5, 0.6) is 0 Å². The minimum Gasteiger partial charge on any atom is -0.273 e. The van der Waals surface area contributed by atoms with E-state index >= 15 is 0 Å². The maximum absolute atomic E-state index is 11.9. The number of rotatable bonds is 2. The minimum atomic E-state index is -0.338. The smallest absolute Gasteiger partial charge is 0.271 e. The Morgan fingerprint density at radius 1 is 1.11 bits per heavy atom. The molecule has 1 aromatic heterocycles.